The summed E-state index contributed by atoms with van der Waals surface area (Å²) in [6.45, 7) is 2.70. The molecule has 0 saturated carbocycles. The molecule has 0 aliphatic carbocycles. The zero-order chi connectivity index (χ0) is 19.2. The molecule has 0 spiro atoms. The van der Waals surface area contributed by atoms with Crippen LogP contribution in [0, 0.1) is 5.82 Å². The topological polar surface area (TPSA) is 67.9 Å². The van der Waals surface area contributed by atoms with Crippen LogP contribution in [0.25, 0.3) is 0 Å². The standard InChI is InChI=1S/C20H21FN2O4/c1-2-27-17-9-7-16(8-10-17)22-20(25)18-12-26-13-19(24)23(18)11-14-3-5-15(21)6-4-14/h3-10,18H,2,11-13H2,1H3,(H,22,25). The molecule has 0 aromatic heterocycles. The number of hydrogen-bond acceptors (Lipinski definition) is 4. The van der Waals surface area contributed by atoms with Crippen LogP contribution in [0.5, 0.6) is 5.75 Å². The minimum absolute atomic E-state index is 0.0754. The van der Waals surface area contributed by atoms with Crippen molar-refractivity contribution in [3.63, 3.8) is 0 Å². The van der Waals surface area contributed by atoms with Crippen molar-refractivity contribution in [1.82, 2.24) is 4.90 Å². The Kier molecular flexibility index (Phi) is 6.03. The number of carbonyl (C=O) groups excluding carboxylic acids is 2. The summed E-state index contributed by atoms with van der Waals surface area (Å²) < 4.78 is 23.7. The molecule has 0 radical (unpaired) electrons. The number of halogens is 1. The van der Waals surface area contributed by atoms with Crippen molar-refractivity contribution in [3.05, 3.63) is 59.9 Å². The zero-order valence-electron chi connectivity index (χ0n) is 15.0. The fourth-order valence-electron chi connectivity index (χ4n) is 2.83. The summed E-state index contributed by atoms with van der Waals surface area (Å²) in [5.74, 6) is -0.256. The highest BCUT2D eigenvalue weighted by molar-refractivity contribution is 5.98. The first kappa shape index (κ1) is 18.8. The molecule has 2 aromatic rings. The van der Waals surface area contributed by atoms with E-state index in [1.54, 1.807) is 36.4 Å². The van der Waals surface area contributed by atoms with Crippen molar-refractivity contribution >= 4 is 17.5 Å². The van der Waals surface area contributed by atoms with E-state index in [2.05, 4.69) is 5.32 Å². The largest absolute Gasteiger partial charge is 0.494 e. The van der Waals surface area contributed by atoms with Crippen LogP contribution in [-0.2, 0) is 20.9 Å². The number of benzene rings is 2. The lowest BCUT2D eigenvalue weighted by Gasteiger charge is -2.34. The summed E-state index contributed by atoms with van der Waals surface area (Å²) in [5, 5.41) is 2.80. The van der Waals surface area contributed by atoms with Crippen LogP contribution < -0.4 is 10.1 Å². The third kappa shape index (κ3) is 4.83. The van der Waals surface area contributed by atoms with Crippen LogP contribution in [0.1, 0.15) is 12.5 Å². The maximum atomic E-state index is 13.1. The van der Waals surface area contributed by atoms with Crippen LogP contribution in [0.15, 0.2) is 48.5 Å². The van der Waals surface area contributed by atoms with E-state index in [1.807, 2.05) is 6.92 Å². The van der Waals surface area contributed by atoms with Gasteiger partial charge in [0, 0.05) is 12.2 Å². The minimum atomic E-state index is -0.761. The molecule has 1 heterocycles. The molecule has 1 saturated heterocycles. The zero-order valence-corrected chi connectivity index (χ0v) is 15.0. The molecule has 1 fully saturated rings. The van der Waals surface area contributed by atoms with Crippen molar-refractivity contribution in [1.29, 1.82) is 0 Å². The number of hydrogen-bond donors (Lipinski definition) is 1. The lowest BCUT2D eigenvalue weighted by atomic mass is 10.1. The summed E-state index contributed by atoms with van der Waals surface area (Å²) in [5.41, 5.74) is 1.34. The van der Waals surface area contributed by atoms with Crippen LogP contribution in [0.3, 0.4) is 0 Å². The summed E-state index contributed by atoms with van der Waals surface area (Å²) >= 11 is 0. The van der Waals surface area contributed by atoms with Gasteiger partial charge in [0.2, 0.25) is 11.8 Å². The Morgan fingerprint density at radius 1 is 1.22 bits per heavy atom. The molecule has 1 N–H and O–H groups in total. The first-order valence-electron chi connectivity index (χ1n) is 8.72. The number of nitrogens with zero attached hydrogens (tertiary/aromatic N) is 1. The molecule has 7 heteroatoms. The molecule has 27 heavy (non-hydrogen) atoms. The molecule has 1 atom stereocenters. The van der Waals surface area contributed by atoms with Crippen LogP contribution in [0.2, 0.25) is 0 Å². The van der Waals surface area contributed by atoms with Gasteiger partial charge < -0.3 is 19.7 Å². The first-order chi connectivity index (χ1) is 13.1. The van der Waals surface area contributed by atoms with Crippen molar-refractivity contribution in [2.24, 2.45) is 0 Å². The van der Waals surface area contributed by atoms with Crippen LogP contribution in [-0.4, -0.2) is 42.6 Å². The third-order valence-electron chi connectivity index (χ3n) is 4.20. The highest BCUT2D eigenvalue weighted by atomic mass is 19.1. The maximum Gasteiger partial charge on any atom is 0.249 e. The van der Waals surface area contributed by atoms with E-state index < -0.39 is 6.04 Å². The van der Waals surface area contributed by atoms with Gasteiger partial charge in [0.25, 0.3) is 0 Å². The Hall–Kier alpha value is -2.93. The predicted octanol–water partition coefficient (Wildman–Crippen LogP) is 2.59. The second-order valence-corrected chi connectivity index (χ2v) is 6.13. The third-order valence-corrected chi connectivity index (χ3v) is 4.20. The number of rotatable bonds is 6. The van der Waals surface area contributed by atoms with Gasteiger partial charge in [-0.1, -0.05) is 12.1 Å². The smallest absolute Gasteiger partial charge is 0.249 e. The number of morpholine rings is 1. The Labute approximate surface area is 156 Å². The summed E-state index contributed by atoms with van der Waals surface area (Å²) in [7, 11) is 0. The Morgan fingerprint density at radius 3 is 2.59 bits per heavy atom. The van der Waals surface area contributed by atoms with Crippen molar-refractivity contribution in [2.75, 3.05) is 25.1 Å². The Bertz CT molecular complexity index is 793. The van der Waals surface area contributed by atoms with Crippen LogP contribution in [0.4, 0.5) is 10.1 Å². The van der Waals surface area contributed by atoms with Gasteiger partial charge >= 0.3 is 0 Å². The Morgan fingerprint density at radius 2 is 1.93 bits per heavy atom. The number of amides is 2. The van der Waals surface area contributed by atoms with E-state index in [9.17, 15) is 14.0 Å². The lowest BCUT2D eigenvalue weighted by molar-refractivity contribution is -0.154. The summed E-state index contributed by atoms with van der Waals surface area (Å²) in [4.78, 5) is 26.4. The second kappa shape index (κ2) is 8.64. The summed E-state index contributed by atoms with van der Waals surface area (Å²) in [6.07, 6.45) is 0. The van der Waals surface area contributed by atoms with E-state index in [0.29, 0.717) is 18.0 Å². The van der Waals surface area contributed by atoms with Gasteiger partial charge in [0.15, 0.2) is 0 Å². The number of ether oxygens (including phenoxy) is 2. The van der Waals surface area contributed by atoms with E-state index in [-0.39, 0.29) is 37.4 Å². The quantitative estimate of drug-likeness (QED) is 0.846. The fraction of sp³-hybridized carbons (Fsp3) is 0.300. The monoisotopic (exact) mass is 372 g/mol. The van der Waals surface area contributed by atoms with Crippen LogP contribution >= 0.6 is 0 Å². The van der Waals surface area contributed by atoms with Gasteiger partial charge in [-0.15, -0.1) is 0 Å². The SMILES string of the molecule is CCOc1ccc(NC(=O)C2COCC(=O)N2Cc2ccc(F)cc2)cc1. The molecule has 1 unspecified atom stereocenters. The van der Waals surface area contributed by atoms with Crippen molar-refractivity contribution in [2.45, 2.75) is 19.5 Å². The Balaban J connectivity index is 1.70. The average Bonchev–Trinajstić information content (AvgIpc) is 2.67. The number of carbonyl (C=O) groups is 2. The van der Waals surface area contributed by atoms with Gasteiger partial charge in [0.05, 0.1) is 13.2 Å². The number of nitrogens with one attached hydrogen (secondary N) is 1. The molecular formula is C20H21FN2O4. The van der Waals surface area contributed by atoms with E-state index in [1.165, 1.54) is 17.0 Å². The molecule has 2 amide bonds. The number of anilines is 1. The summed E-state index contributed by atoms with van der Waals surface area (Å²) in [6, 6.07) is 12.1. The van der Waals surface area contributed by atoms with E-state index in [4.69, 9.17) is 9.47 Å². The lowest BCUT2D eigenvalue weighted by Crippen LogP contribution is -2.54. The van der Waals surface area contributed by atoms with E-state index >= 15 is 0 Å². The fourth-order valence-corrected chi connectivity index (χ4v) is 2.83. The second-order valence-electron chi connectivity index (χ2n) is 6.13. The molecule has 0 bridgehead atoms. The average molecular weight is 372 g/mol. The first-order valence-corrected chi connectivity index (χ1v) is 8.72. The van der Waals surface area contributed by atoms with Crippen molar-refractivity contribution in [3.8, 4) is 5.75 Å². The molecular weight excluding hydrogens is 351 g/mol. The molecule has 1 aliphatic rings. The maximum absolute atomic E-state index is 13.1. The van der Waals surface area contributed by atoms with Gasteiger partial charge in [-0.2, -0.15) is 0 Å². The van der Waals surface area contributed by atoms with Crippen molar-refractivity contribution < 1.29 is 23.5 Å². The molecule has 142 valence electrons. The van der Waals surface area contributed by atoms with Gasteiger partial charge in [-0.05, 0) is 48.9 Å². The normalized spacial score (nSPS) is 16.9. The molecule has 1 aliphatic heterocycles. The highest BCUT2D eigenvalue weighted by Gasteiger charge is 2.34. The van der Waals surface area contributed by atoms with Gasteiger partial charge in [-0.3, -0.25) is 9.59 Å². The molecule has 3 rings (SSSR count). The van der Waals surface area contributed by atoms with E-state index in [0.717, 1.165) is 5.56 Å². The minimum Gasteiger partial charge on any atom is -0.494 e. The molecule has 2 aromatic carbocycles. The predicted molar refractivity (Wildman–Crippen MR) is 97.8 cm³/mol. The van der Waals surface area contributed by atoms with Gasteiger partial charge in [0.1, 0.15) is 24.2 Å². The highest BCUT2D eigenvalue weighted by Crippen LogP contribution is 2.19. The molecule has 6 nitrogen and oxygen atoms in total. The van der Waals surface area contributed by atoms with Gasteiger partial charge in [-0.25, -0.2) is 4.39 Å².